The lowest BCUT2D eigenvalue weighted by Gasteiger charge is -2.13. The van der Waals surface area contributed by atoms with Crippen LogP contribution in [0.15, 0.2) is 47.3 Å². The SMILES string of the molecule is Cc1nn(Cc2ccncn2)c(C)c1NC(=O)c1cc(C(F)(F)F)nc2ccc(Br)cc12. The van der Waals surface area contributed by atoms with Crippen molar-refractivity contribution < 1.29 is 18.0 Å². The standard InChI is InChI=1S/C21H16BrF3N6O/c1-11-19(12(2)31(30-11)9-14-5-6-26-10-27-14)29-20(32)16-8-18(21(23,24)25)28-17-4-3-13(22)7-15(16)17/h3-8,10H,9H2,1-2H3,(H,29,32). The number of aromatic nitrogens is 5. The molecule has 0 saturated carbocycles. The zero-order valence-corrected chi connectivity index (χ0v) is 18.5. The number of aryl methyl sites for hydroxylation is 1. The Bertz CT molecular complexity index is 1320. The summed E-state index contributed by atoms with van der Waals surface area (Å²) in [5, 5.41) is 7.45. The molecule has 164 valence electrons. The van der Waals surface area contributed by atoms with Crippen molar-refractivity contribution in [3.8, 4) is 0 Å². The van der Waals surface area contributed by atoms with E-state index in [1.165, 1.54) is 12.4 Å². The van der Waals surface area contributed by atoms with Crippen molar-refractivity contribution >= 4 is 38.4 Å². The Morgan fingerprint density at radius 1 is 1.19 bits per heavy atom. The van der Waals surface area contributed by atoms with Gasteiger partial charge < -0.3 is 5.32 Å². The van der Waals surface area contributed by atoms with Crippen LogP contribution in [0.1, 0.15) is 33.1 Å². The Morgan fingerprint density at radius 2 is 1.97 bits per heavy atom. The summed E-state index contributed by atoms with van der Waals surface area (Å²) in [6, 6.07) is 7.08. The van der Waals surface area contributed by atoms with Crippen molar-refractivity contribution in [1.82, 2.24) is 24.7 Å². The van der Waals surface area contributed by atoms with E-state index in [0.717, 1.165) is 11.8 Å². The molecule has 0 aliphatic heterocycles. The Morgan fingerprint density at radius 3 is 2.66 bits per heavy atom. The lowest BCUT2D eigenvalue weighted by molar-refractivity contribution is -0.140. The fraction of sp³-hybridized carbons (Fsp3) is 0.190. The van der Waals surface area contributed by atoms with E-state index >= 15 is 0 Å². The van der Waals surface area contributed by atoms with Crippen LogP contribution in [0, 0.1) is 13.8 Å². The van der Waals surface area contributed by atoms with Gasteiger partial charge >= 0.3 is 6.18 Å². The summed E-state index contributed by atoms with van der Waals surface area (Å²) < 4.78 is 42.4. The summed E-state index contributed by atoms with van der Waals surface area (Å²) in [4.78, 5) is 24.8. The number of hydrogen-bond acceptors (Lipinski definition) is 5. The Hall–Kier alpha value is -3.34. The number of benzene rings is 1. The maximum atomic E-state index is 13.4. The normalized spacial score (nSPS) is 11.7. The Labute approximate surface area is 188 Å². The number of hydrogen-bond donors (Lipinski definition) is 1. The van der Waals surface area contributed by atoms with E-state index in [2.05, 4.69) is 41.3 Å². The molecule has 0 unspecified atom stereocenters. The fourth-order valence-corrected chi connectivity index (χ4v) is 3.67. The van der Waals surface area contributed by atoms with E-state index in [0.29, 0.717) is 33.5 Å². The molecule has 0 saturated heterocycles. The van der Waals surface area contributed by atoms with Crippen molar-refractivity contribution in [2.45, 2.75) is 26.6 Å². The first-order valence-electron chi connectivity index (χ1n) is 9.41. The van der Waals surface area contributed by atoms with Crippen LogP contribution in [-0.4, -0.2) is 30.6 Å². The minimum Gasteiger partial charge on any atom is -0.319 e. The number of alkyl halides is 3. The van der Waals surface area contributed by atoms with E-state index in [1.54, 1.807) is 42.9 Å². The van der Waals surface area contributed by atoms with Gasteiger partial charge in [-0.2, -0.15) is 18.3 Å². The third kappa shape index (κ3) is 4.33. The van der Waals surface area contributed by atoms with Gasteiger partial charge in [-0.1, -0.05) is 15.9 Å². The van der Waals surface area contributed by atoms with Crippen molar-refractivity contribution in [3.05, 3.63) is 75.7 Å². The van der Waals surface area contributed by atoms with Gasteiger partial charge in [0.2, 0.25) is 0 Å². The van der Waals surface area contributed by atoms with Gasteiger partial charge in [0, 0.05) is 16.1 Å². The van der Waals surface area contributed by atoms with Gasteiger partial charge in [-0.15, -0.1) is 0 Å². The predicted molar refractivity (Wildman–Crippen MR) is 115 cm³/mol. The molecule has 4 rings (SSSR count). The molecule has 11 heteroatoms. The van der Waals surface area contributed by atoms with Crippen LogP contribution in [0.3, 0.4) is 0 Å². The van der Waals surface area contributed by atoms with E-state index < -0.39 is 17.8 Å². The van der Waals surface area contributed by atoms with Gasteiger partial charge in [-0.25, -0.2) is 15.0 Å². The van der Waals surface area contributed by atoms with Crippen LogP contribution in [0.2, 0.25) is 0 Å². The zero-order valence-electron chi connectivity index (χ0n) is 16.9. The van der Waals surface area contributed by atoms with Crippen LogP contribution in [-0.2, 0) is 12.7 Å². The highest BCUT2D eigenvalue weighted by molar-refractivity contribution is 9.10. The number of anilines is 1. The number of nitrogens with one attached hydrogen (secondary N) is 1. The molecule has 3 aromatic heterocycles. The van der Waals surface area contributed by atoms with Gasteiger partial charge in [0.15, 0.2) is 0 Å². The topological polar surface area (TPSA) is 85.6 Å². The fourth-order valence-electron chi connectivity index (χ4n) is 3.31. The van der Waals surface area contributed by atoms with Crippen molar-refractivity contribution in [1.29, 1.82) is 0 Å². The number of amides is 1. The van der Waals surface area contributed by atoms with Crippen molar-refractivity contribution in [3.63, 3.8) is 0 Å². The average Bonchev–Trinajstić information content (AvgIpc) is 3.00. The molecule has 1 N–H and O–H groups in total. The summed E-state index contributed by atoms with van der Waals surface area (Å²) in [7, 11) is 0. The number of rotatable bonds is 4. The minimum atomic E-state index is -4.69. The van der Waals surface area contributed by atoms with Gasteiger partial charge in [0.1, 0.15) is 12.0 Å². The van der Waals surface area contributed by atoms with E-state index in [9.17, 15) is 18.0 Å². The van der Waals surface area contributed by atoms with Crippen LogP contribution in [0.4, 0.5) is 18.9 Å². The highest BCUT2D eigenvalue weighted by Gasteiger charge is 2.34. The zero-order chi connectivity index (χ0) is 23.0. The summed E-state index contributed by atoms with van der Waals surface area (Å²) in [6.07, 6.45) is -1.65. The van der Waals surface area contributed by atoms with Crippen LogP contribution >= 0.6 is 15.9 Å². The second kappa shape index (κ2) is 8.30. The van der Waals surface area contributed by atoms with E-state index in [-0.39, 0.29) is 11.1 Å². The van der Waals surface area contributed by atoms with Gasteiger partial charge in [0.25, 0.3) is 5.91 Å². The molecule has 3 heterocycles. The Kier molecular flexibility index (Phi) is 5.68. The van der Waals surface area contributed by atoms with Crippen molar-refractivity contribution in [2.24, 2.45) is 0 Å². The second-order valence-electron chi connectivity index (χ2n) is 7.07. The van der Waals surface area contributed by atoms with Crippen molar-refractivity contribution in [2.75, 3.05) is 5.32 Å². The number of fused-ring (bicyclic) bond motifs is 1. The molecule has 0 atom stereocenters. The van der Waals surface area contributed by atoms with Crippen LogP contribution < -0.4 is 5.32 Å². The van der Waals surface area contributed by atoms with Crippen LogP contribution in [0.25, 0.3) is 10.9 Å². The largest absolute Gasteiger partial charge is 0.433 e. The minimum absolute atomic E-state index is 0.0704. The number of carbonyl (C=O) groups is 1. The highest BCUT2D eigenvalue weighted by Crippen LogP contribution is 2.32. The molecule has 7 nitrogen and oxygen atoms in total. The molecule has 0 aliphatic rings. The summed E-state index contributed by atoms with van der Waals surface area (Å²) in [5.41, 5.74) is 1.13. The monoisotopic (exact) mass is 504 g/mol. The molecular formula is C21H16BrF3N6O. The molecule has 4 aromatic rings. The number of pyridine rings is 1. The lowest BCUT2D eigenvalue weighted by Crippen LogP contribution is -2.17. The maximum Gasteiger partial charge on any atom is 0.433 e. The quantitative estimate of drug-likeness (QED) is 0.426. The molecule has 0 fully saturated rings. The first-order valence-corrected chi connectivity index (χ1v) is 10.2. The lowest BCUT2D eigenvalue weighted by atomic mass is 10.1. The molecule has 1 aromatic carbocycles. The van der Waals surface area contributed by atoms with Gasteiger partial charge in [-0.3, -0.25) is 9.48 Å². The molecule has 0 bridgehead atoms. The first-order chi connectivity index (χ1) is 15.1. The molecule has 0 radical (unpaired) electrons. The first kappa shape index (κ1) is 21.9. The van der Waals surface area contributed by atoms with E-state index in [4.69, 9.17) is 0 Å². The third-order valence-corrected chi connectivity index (χ3v) is 5.37. The van der Waals surface area contributed by atoms with Gasteiger partial charge in [0.05, 0.1) is 40.4 Å². The summed E-state index contributed by atoms with van der Waals surface area (Å²) >= 11 is 3.29. The summed E-state index contributed by atoms with van der Waals surface area (Å²) in [6.45, 7) is 3.83. The summed E-state index contributed by atoms with van der Waals surface area (Å²) in [5.74, 6) is -0.686. The predicted octanol–water partition coefficient (Wildman–Crippen LogP) is 4.92. The average molecular weight is 505 g/mol. The molecule has 0 aliphatic carbocycles. The molecular weight excluding hydrogens is 489 g/mol. The number of halogens is 4. The Balaban J connectivity index is 1.72. The highest BCUT2D eigenvalue weighted by atomic mass is 79.9. The number of nitrogens with zero attached hydrogens (tertiary/aromatic N) is 5. The molecule has 0 spiro atoms. The third-order valence-electron chi connectivity index (χ3n) is 4.88. The molecule has 1 amide bonds. The van der Waals surface area contributed by atoms with E-state index in [1.807, 2.05) is 0 Å². The maximum absolute atomic E-state index is 13.4. The second-order valence-corrected chi connectivity index (χ2v) is 7.99. The van der Waals surface area contributed by atoms with Gasteiger partial charge in [-0.05, 0) is 44.2 Å². The van der Waals surface area contributed by atoms with Crippen LogP contribution in [0.5, 0.6) is 0 Å². The smallest absolute Gasteiger partial charge is 0.319 e. The molecule has 32 heavy (non-hydrogen) atoms. The number of carbonyl (C=O) groups excluding carboxylic acids is 1.